The minimum atomic E-state index is -0.346. The lowest BCUT2D eigenvalue weighted by atomic mass is 10.2. The van der Waals surface area contributed by atoms with Crippen molar-refractivity contribution in [2.45, 2.75) is 6.42 Å². The summed E-state index contributed by atoms with van der Waals surface area (Å²) in [5, 5.41) is 0. The molecule has 0 bridgehead atoms. The Hall–Kier alpha value is -1.88. The van der Waals surface area contributed by atoms with E-state index in [4.69, 9.17) is 5.73 Å². The summed E-state index contributed by atoms with van der Waals surface area (Å²) >= 11 is 0. The highest BCUT2D eigenvalue weighted by Crippen LogP contribution is 1.96. The summed E-state index contributed by atoms with van der Waals surface area (Å²) in [5.41, 5.74) is 10.2. The van der Waals surface area contributed by atoms with Gasteiger partial charge in [-0.3, -0.25) is 20.4 Å². The van der Waals surface area contributed by atoms with E-state index in [-0.39, 0.29) is 24.8 Å². The van der Waals surface area contributed by atoms with Gasteiger partial charge in [-0.2, -0.15) is 0 Å². The van der Waals surface area contributed by atoms with Gasteiger partial charge in [0.25, 0.3) is 5.91 Å². The smallest absolute Gasteiger partial charge is 0.269 e. The van der Waals surface area contributed by atoms with Crippen LogP contribution < -0.4 is 16.6 Å². The molecule has 0 aliphatic rings. The normalized spacial score (nSPS) is 9.40. The van der Waals surface area contributed by atoms with E-state index in [1.807, 2.05) is 6.07 Å². The number of hydrogen-bond donors (Lipinski definition) is 3. The quantitative estimate of drug-likeness (QED) is 0.600. The topological polar surface area (TPSA) is 84.2 Å². The van der Waals surface area contributed by atoms with Gasteiger partial charge in [-0.15, -0.1) is 0 Å². The zero-order valence-electron chi connectivity index (χ0n) is 8.19. The van der Waals surface area contributed by atoms with Crippen LogP contribution in [0.2, 0.25) is 0 Å². The van der Waals surface area contributed by atoms with Crippen molar-refractivity contribution < 1.29 is 9.59 Å². The fraction of sp³-hybridized carbons (Fsp3) is 0.200. The van der Waals surface area contributed by atoms with E-state index < -0.39 is 0 Å². The lowest BCUT2D eigenvalue weighted by Crippen LogP contribution is -2.42. The number of rotatable bonds is 3. The van der Waals surface area contributed by atoms with Crippen LogP contribution in [0.3, 0.4) is 0 Å². The fourth-order valence-corrected chi connectivity index (χ4v) is 0.982. The van der Waals surface area contributed by atoms with Crippen LogP contribution in [0.4, 0.5) is 0 Å². The van der Waals surface area contributed by atoms with Crippen LogP contribution in [0.1, 0.15) is 16.8 Å². The van der Waals surface area contributed by atoms with E-state index in [1.54, 1.807) is 24.3 Å². The van der Waals surface area contributed by atoms with Gasteiger partial charge in [0.05, 0.1) is 0 Å². The van der Waals surface area contributed by atoms with E-state index in [2.05, 4.69) is 10.9 Å². The molecule has 0 aliphatic heterocycles. The predicted octanol–water partition coefficient (Wildman–Crippen LogP) is -0.204. The molecule has 1 aromatic carbocycles. The Labute approximate surface area is 87.6 Å². The number of carbonyl (C=O) groups excluding carboxylic acids is 2. The molecule has 0 aromatic heterocycles. The molecule has 1 rings (SSSR count). The highest BCUT2D eigenvalue weighted by atomic mass is 16.2. The van der Waals surface area contributed by atoms with Crippen LogP contribution in [0.25, 0.3) is 0 Å². The third kappa shape index (κ3) is 3.78. The maximum atomic E-state index is 11.4. The first-order valence-corrected chi connectivity index (χ1v) is 4.58. The van der Waals surface area contributed by atoms with E-state index in [0.29, 0.717) is 5.56 Å². The molecule has 0 aliphatic carbocycles. The van der Waals surface area contributed by atoms with Crippen LogP contribution in [-0.2, 0) is 4.79 Å². The standard InChI is InChI=1S/C10H13N3O2/c11-7-6-9(14)12-13-10(15)8-4-2-1-3-5-8/h1-5H,6-7,11H2,(H,12,14)(H,13,15). The molecule has 0 atom stereocenters. The van der Waals surface area contributed by atoms with Crippen LogP contribution in [0.15, 0.2) is 30.3 Å². The van der Waals surface area contributed by atoms with Gasteiger partial charge in [0.1, 0.15) is 0 Å². The number of hydrogen-bond acceptors (Lipinski definition) is 3. The lowest BCUT2D eigenvalue weighted by molar-refractivity contribution is -0.121. The second kappa shape index (κ2) is 5.77. The molecular weight excluding hydrogens is 194 g/mol. The van der Waals surface area contributed by atoms with Gasteiger partial charge in [0.2, 0.25) is 5.91 Å². The van der Waals surface area contributed by atoms with Crippen molar-refractivity contribution in [1.29, 1.82) is 0 Å². The molecule has 0 radical (unpaired) electrons. The third-order valence-corrected chi connectivity index (χ3v) is 1.72. The Morgan fingerprint density at radius 2 is 1.80 bits per heavy atom. The van der Waals surface area contributed by atoms with Crippen molar-refractivity contribution in [2.75, 3.05) is 6.54 Å². The Balaban J connectivity index is 2.40. The predicted molar refractivity (Wildman–Crippen MR) is 55.7 cm³/mol. The summed E-state index contributed by atoms with van der Waals surface area (Å²) in [5.74, 6) is -0.650. The van der Waals surface area contributed by atoms with Gasteiger partial charge < -0.3 is 5.73 Å². The first-order valence-electron chi connectivity index (χ1n) is 4.58. The monoisotopic (exact) mass is 207 g/mol. The molecule has 0 saturated heterocycles. The summed E-state index contributed by atoms with van der Waals surface area (Å²) in [6.45, 7) is 0.257. The number of nitrogens with one attached hydrogen (secondary N) is 2. The molecular formula is C10H13N3O2. The van der Waals surface area contributed by atoms with E-state index >= 15 is 0 Å². The van der Waals surface area contributed by atoms with Crippen LogP contribution in [0.5, 0.6) is 0 Å². The van der Waals surface area contributed by atoms with Crippen molar-refractivity contribution in [3.8, 4) is 0 Å². The first-order chi connectivity index (χ1) is 7.24. The zero-order valence-corrected chi connectivity index (χ0v) is 8.19. The zero-order chi connectivity index (χ0) is 11.1. The van der Waals surface area contributed by atoms with Gasteiger partial charge in [0.15, 0.2) is 0 Å². The Morgan fingerprint density at radius 3 is 2.40 bits per heavy atom. The molecule has 15 heavy (non-hydrogen) atoms. The molecule has 0 unspecified atom stereocenters. The van der Waals surface area contributed by atoms with E-state index in [0.717, 1.165) is 0 Å². The fourth-order valence-electron chi connectivity index (χ4n) is 0.982. The number of benzene rings is 1. The summed E-state index contributed by atoms with van der Waals surface area (Å²) in [4.78, 5) is 22.4. The van der Waals surface area contributed by atoms with Gasteiger partial charge >= 0.3 is 0 Å². The van der Waals surface area contributed by atoms with Crippen molar-refractivity contribution in [1.82, 2.24) is 10.9 Å². The van der Waals surface area contributed by atoms with E-state index in [1.165, 1.54) is 0 Å². The van der Waals surface area contributed by atoms with Crippen LogP contribution in [-0.4, -0.2) is 18.4 Å². The number of hydrazine groups is 1. The van der Waals surface area contributed by atoms with Gasteiger partial charge in [0, 0.05) is 18.5 Å². The lowest BCUT2D eigenvalue weighted by Gasteiger charge is -2.06. The van der Waals surface area contributed by atoms with Crippen molar-refractivity contribution >= 4 is 11.8 Å². The average Bonchev–Trinajstić information content (AvgIpc) is 2.27. The first kappa shape index (κ1) is 11.2. The van der Waals surface area contributed by atoms with Gasteiger partial charge in [-0.25, -0.2) is 0 Å². The molecule has 5 nitrogen and oxygen atoms in total. The molecule has 2 amide bonds. The maximum absolute atomic E-state index is 11.4. The molecule has 0 heterocycles. The molecule has 4 N–H and O–H groups in total. The van der Waals surface area contributed by atoms with Crippen molar-refractivity contribution in [3.05, 3.63) is 35.9 Å². The second-order valence-electron chi connectivity index (χ2n) is 2.91. The summed E-state index contributed by atoms with van der Waals surface area (Å²) < 4.78 is 0. The van der Waals surface area contributed by atoms with Crippen LogP contribution >= 0.6 is 0 Å². The molecule has 80 valence electrons. The maximum Gasteiger partial charge on any atom is 0.269 e. The molecule has 0 spiro atoms. The van der Waals surface area contributed by atoms with Gasteiger partial charge in [-0.05, 0) is 12.1 Å². The molecule has 0 fully saturated rings. The highest BCUT2D eigenvalue weighted by molar-refractivity contribution is 5.95. The Kier molecular flexibility index (Phi) is 4.30. The van der Waals surface area contributed by atoms with Crippen LogP contribution in [0, 0.1) is 0 Å². The SMILES string of the molecule is NCCC(=O)NNC(=O)c1ccccc1. The number of carbonyl (C=O) groups is 2. The number of amides is 2. The van der Waals surface area contributed by atoms with E-state index in [9.17, 15) is 9.59 Å². The third-order valence-electron chi connectivity index (χ3n) is 1.72. The molecule has 0 saturated carbocycles. The average molecular weight is 207 g/mol. The Bertz CT molecular complexity index is 338. The molecule has 5 heteroatoms. The van der Waals surface area contributed by atoms with Gasteiger partial charge in [-0.1, -0.05) is 18.2 Å². The van der Waals surface area contributed by atoms with Crippen molar-refractivity contribution in [3.63, 3.8) is 0 Å². The largest absolute Gasteiger partial charge is 0.330 e. The summed E-state index contributed by atoms with van der Waals surface area (Å²) in [6.07, 6.45) is 0.190. The number of nitrogens with two attached hydrogens (primary N) is 1. The second-order valence-corrected chi connectivity index (χ2v) is 2.91. The minimum Gasteiger partial charge on any atom is -0.330 e. The summed E-state index contributed by atoms with van der Waals surface area (Å²) in [7, 11) is 0. The van der Waals surface area contributed by atoms with Crippen molar-refractivity contribution in [2.24, 2.45) is 5.73 Å². The highest BCUT2D eigenvalue weighted by Gasteiger charge is 2.05. The molecule has 1 aromatic rings. The minimum absolute atomic E-state index is 0.190. The summed E-state index contributed by atoms with van der Waals surface area (Å²) in [6, 6.07) is 8.62. The Morgan fingerprint density at radius 1 is 1.13 bits per heavy atom.